The van der Waals surface area contributed by atoms with Gasteiger partial charge in [-0.05, 0) is 42.1 Å². The first kappa shape index (κ1) is 14.7. The summed E-state index contributed by atoms with van der Waals surface area (Å²) in [6, 6.07) is 2.00. The van der Waals surface area contributed by atoms with E-state index in [1.165, 1.54) is 6.42 Å². The van der Waals surface area contributed by atoms with Gasteiger partial charge in [-0.2, -0.15) is 0 Å². The van der Waals surface area contributed by atoms with Crippen LogP contribution in [0.15, 0.2) is 10.7 Å². The number of aryl methyl sites for hydroxylation is 1. The third kappa shape index (κ3) is 4.14. The van der Waals surface area contributed by atoms with E-state index >= 15 is 0 Å². The van der Waals surface area contributed by atoms with Crippen LogP contribution >= 0.6 is 15.9 Å². The minimum absolute atomic E-state index is 0.350. The van der Waals surface area contributed by atoms with Gasteiger partial charge in [0.25, 0.3) is 0 Å². The van der Waals surface area contributed by atoms with Crippen LogP contribution < -0.4 is 4.90 Å². The van der Waals surface area contributed by atoms with Crippen LogP contribution in [0.1, 0.15) is 38.9 Å². The second kappa shape index (κ2) is 7.20. The Morgan fingerprint density at radius 3 is 2.89 bits per heavy atom. The van der Waals surface area contributed by atoms with Gasteiger partial charge in [0.1, 0.15) is 16.2 Å². The summed E-state index contributed by atoms with van der Waals surface area (Å²) < 4.78 is 6.59. The second-order valence-corrected chi connectivity index (χ2v) is 5.70. The average Bonchev–Trinajstić information content (AvgIpc) is 2.88. The molecule has 1 atom stereocenters. The molecule has 0 amide bonds. The molecule has 2 heterocycles. The van der Waals surface area contributed by atoms with Crippen molar-refractivity contribution in [3.05, 3.63) is 16.5 Å². The highest BCUT2D eigenvalue weighted by atomic mass is 79.9. The van der Waals surface area contributed by atoms with E-state index in [9.17, 15) is 0 Å². The molecule has 0 bridgehead atoms. The van der Waals surface area contributed by atoms with Gasteiger partial charge in [0.15, 0.2) is 0 Å². The number of rotatable bonds is 6. The van der Waals surface area contributed by atoms with Crippen molar-refractivity contribution in [2.24, 2.45) is 0 Å². The highest BCUT2D eigenvalue weighted by Gasteiger charge is 2.20. The Labute approximate surface area is 123 Å². The molecule has 1 aromatic heterocycles. The summed E-state index contributed by atoms with van der Waals surface area (Å²) in [5, 5.41) is 0. The van der Waals surface area contributed by atoms with Crippen molar-refractivity contribution >= 4 is 21.7 Å². The molecule has 1 unspecified atom stereocenters. The van der Waals surface area contributed by atoms with Crippen molar-refractivity contribution in [3.8, 4) is 0 Å². The van der Waals surface area contributed by atoms with E-state index in [1.54, 1.807) is 0 Å². The van der Waals surface area contributed by atoms with Gasteiger partial charge in [-0.3, -0.25) is 0 Å². The second-order valence-electron chi connectivity index (χ2n) is 4.89. The molecule has 4 nitrogen and oxygen atoms in total. The molecule has 106 valence electrons. The molecule has 0 aliphatic carbocycles. The Morgan fingerprint density at radius 1 is 1.42 bits per heavy atom. The molecule has 0 N–H and O–H groups in total. The number of hydrogen-bond donors (Lipinski definition) is 0. The third-order valence-corrected chi connectivity index (χ3v) is 3.76. The SMILES string of the molecule is CCCc1nc(Br)cc(N(CC)CC2CCCO2)n1. The van der Waals surface area contributed by atoms with Gasteiger partial charge < -0.3 is 9.64 Å². The van der Waals surface area contributed by atoms with Crippen molar-refractivity contribution in [2.45, 2.75) is 45.6 Å². The molecule has 1 saturated heterocycles. The quantitative estimate of drug-likeness (QED) is 0.752. The van der Waals surface area contributed by atoms with Crippen LogP contribution in [0.4, 0.5) is 5.82 Å². The van der Waals surface area contributed by atoms with Crippen LogP contribution in [0.5, 0.6) is 0 Å². The number of nitrogens with zero attached hydrogens (tertiary/aromatic N) is 3. The van der Waals surface area contributed by atoms with Gasteiger partial charge in [-0.25, -0.2) is 9.97 Å². The first-order chi connectivity index (χ1) is 9.22. The lowest BCUT2D eigenvalue weighted by Crippen LogP contribution is -2.33. The lowest BCUT2D eigenvalue weighted by atomic mass is 10.2. The minimum atomic E-state index is 0.350. The number of anilines is 1. The average molecular weight is 328 g/mol. The zero-order valence-corrected chi connectivity index (χ0v) is 13.3. The Bertz CT molecular complexity index is 408. The van der Waals surface area contributed by atoms with E-state index in [0.717, 1.165) is 55.2 Å². The van der Waals surface area contributed by atoms with E-state index in [-0.39, 0.29) is 0 Å². The molecule has 2 rings (SSSR count). The van der Waals surface area contributed by atoms with Crippen molar-refractivity contribution in [3.63, 3.8) is 0 Å². The van der Waals surface area contributed by atoms with Gasteiger partial charge in [0.05, 0.1) is 6.10 Å². The Balaban J connectivity index is 2.11. The molecule has 5 heteroatoms. The fourth-order valence-corrected chi connectivity index (χ4v) is 2.78. The molecule has 1 aliphatic rings. The van der Waals surface area contributed by atoms with E-state index in [0.29, 0.717) is 6.10 Å². The summed E-state index contributed by atoms with van der Waals surface area (Å²) >= 11 is 3.48. The molecule has 0 spiro atoms. The Morgan fingerprint density at radius 2 is 2.26 bits per heavy atom. The largest absolute Gasteiger partial charge is 0.376 e. The van der Waals surface area contributed by atoms with E-state index in [2.05, 4.69) is 44.6 Å². The number of aromatic nitrogens is 2. The molecule has 1 fully saturated rings. The van der Waals surface area contributed by atoms with Crippen LogP contribution in [-0.2, 0) is 11.2 Å². The summed E-state index contributed by atoms with van der Waals surface area (Å²) in [6.07, 6.45) is 4.67. The zero-order valence-electron chi connectivity index (χ0n) is 11.7. The fraction of sp³-hybridized carbons (Fsp3) is 0.714. The molecule has 1 aromatic rings. The van der Waals surface area contributed by atoms with Crippen LogP contribution in [0, 0.1) is 0 Å². The lowest BCUT2D eigenvalue weighted by Gasteiger charge is -2.25. The molecule has 0 saturated carbocycles. The van der Waals surface area contributed by atoms with Crippen molar-refractivity contribution in [1.82, 2.24) is 9.97 Å². The van der Waals surface area contributed by atoms with Gasteiger partial charge in [-0.1, -0.05) is 6.92 Å². The zero-order chi connectivity index (χ0) is 13.7. The summed E-state index contributed by atoms with van der Waals surface area (Å²) in [5.41, 5.74) is 0. The smallest absolute Gasteiger partial charge is 0.133 e. The Kier molecular flexibility index (Phi) is 5.58. The highest BCUT2D eigenvalue weighted by molar-refractivity contribution is 9.10. The van der Waals surface area contributed by atoms with Gasteiger partial charge >= 0.3 is 0 Å². The van der Waals surface area contributed by atoms with Crippen molar-refractivity contribution in [2.75, 3.05) is 24.6 Å². The molecule has 19 heavy (non-hydrogen) atoms. The maximum Gasteiger partial charge on any atom is 0.133 e. The number of halogens is 1. The first-order valence-corrected chi connectivity index (χ1v) is 7.92. The van der Waals surface area contributed by atoms with E-state index in [4.69, 9.17) is 4.74 Å². The normalized spacial score (nSPS) is 18.8. The summed E-state index contributed by atoms with van der Waals surface area (Å²) in [5.74, 6) is 1.92. The molecular weight excluding hydrogens is 306 g/mol. The molecule has 0 radical (unpaired) electrons. The number of hydrogen-bond acceptors (Lipinski definition) is 4. The number of likely N-dealkylation sites (N-methyl/N-ethyl adjacent to an activating group) is 1. The lowest BCUT2D eigenvalue weighted by molar-refractivity contribution is 0.115. The van der Waals surface area contributed by atoms with Crippen molar-refractivity contribution in [1.29, 1.82) is 0 Å². The van der Waals surface area contributed by atoms with E-state index in [1.807, 2.05) is 6.07 Å². The maximum atomic E-state index is 5.72. The summed E-state index contributed by atoms with van der Waals surface area (Å²) in [7, 11) is 0. The molecule has 1 aliphatic heterocycles. The molecular formula is C14H22BrN3O. The van der Waals surface area contributed by atoms with Crippen LogP contribution in [-0.4, -0.2) is 35.8 Å². The Hall–Kier alpha value is -0.680. The summed E-state index contributed by atoms with van der Waals surface area (Å²) in [4.78, 5) is 11.4. The standard InChI is InChI=1S/C14H22BrN3O/c1-3-6-13-16-12(15)9-14(17-13)18(4-2)10-11-7-5-8-19-11/h9,11H,3-8,10H2,1-2H3. The monoisotopic (exact) mass is 327 g/mol. The van der Waals surface area contributed by atoms with Crippen LogP contribution in [0.3, 0.4) is 0 Å². The van der Waals surface area contributed by atoms with Crippen molar-refractivity contribution < 1.29 is 4.74 Å². The van der Waals surface area contributed by atoms with Gasteiger partial charge in [0.2, 0.25) is 0 Å². The van der Waals surface area contributed by atoms with Crippen LogP contribution in [0.25, 0.3) is 0 Å². The number of ether oxygens (including phenoxy) is 1. The third-order valence-electron chi connectivity index (χ3n) is 3.36. The first-order valence-electron chi connectivity index (χ1n) is 7.13. The van der Waals surface area contributed by atoms with E-state index < -0.39 is 0 Å². The van der Waals surface area contributed by atoms with Crippen LogP contribution in [0.2, 0.25) is 0 Å². The van der Waals surface area contributed by atoms with Gasteiger partial charge in [0, 0.05) is 32.2 Å². The van der Waals surface area contributed by atoms with Gasteiger partial charge in [-0.15, -0.1) is 0 Å². The topological polar surface area (TPSA) is 38.2 Å². The fourth-order valence-electron chi connectivity index (χ4n) is 2.37. The predicted molar refractivity (Wildman–Crippen MR) is 80.6 cm³/mol. The minimum Gasteiger partial charge on any atom is -0.376 e. The maximum absolute atomic E-state index is 5.72. The highest BCUT2D eigenvalue weighted by Crippen LogP contribution is 2.20. The predicted octanol–water partition coefficient (Wildman–Crippen LogP) is 3.20. The molecule has 0 aromatic carbocycles. The summed E-state index contributed by atoms with van der Waals surface area (Å²) in [6.45, 7) is 7.07.